The topological polar surface area (TPSA) is 84.2 Å². The molecule has 1 aliphatic carbocycles. The van der Waals surface area contributed by atoms with E-state index in [4.69, 9.17) is 5.73 Å². The Kier molecular flexibility index (Phi) is 5.97. The maximum atomic E-state index is 12.1. The summed E-state index contributed by atoms with van der Waals surface area (Å²) < 4.78 is 0.897. The fourth-order valence-corrected chi connectivity index (χ4v) is 3.06. The minimum atomic E-state index is -0.227. The maximum Gasteiger partial charge on any atom is 0.243 e. The predicted octanol–water partition coefficient (Wildman–Crippen LogP) is 2.33. The average molecular weight is 368 g/mol. The molecular weight excluding hydrogens is 346 g/mol. The Hall–Kier alpha value is -1.40. The van der Waals surface area contributed by atoms with Crippen LogP contribution in [0, 0.1) is 12.8 Å². The van der Waals surface area contributed by atoms with E-state index in [1.54, 1.807) is 0 Å². The highest BCUT2D eigenvalue weighted by molar-refractivity contribution is 9.10. The molecule has 22 heavy (non-hydrogen) atoms. The van der Waals surface area contributed by atoms with Crippen molar-refractivity contribution in [1.29, 1.82) is 0 Å². The van der Waals surface area contributed by atoms with Gasteiger partial charge in [0.1, 0.15) is 0 Å². The monoisotopic (exact) mass is 367 g/mol. The molecule has 4 N–H and O–H groups in total. The SMILES string of the molecule is Cc1ccc(Br)cc1NC(=O)CNC(=O)C1CCCC(N)C1. The summed E-state index contributed by atoms with van der Waals surface area (Å²) in [5.74, 6) is -0.366. The van der Waals surface area contributed by atoms with Crippen molar-refractivity contribution in [2.75, 3.05) is 11.9 Å². The lowest BCUT2D eigenvalue weighted by Crippen LogP contribution is -2.40. The summed E-state index contributed by atoms with van der Waals surface area (Å²) in [4.78, 5) is 24.0. The number of hydrogen-bond acceptors (Lipinski definition) is 3. The maximum absolute atomic E-state index is 12.1. The van der Waals surface area contributed by atoms with E-state index >= 15 is 0 Å². The van der Waals surface area contributed by atoms with Gasteiger partial charge in [0.2, 0.25) is 11.8 Å². The van der Waals surface area contributed by atoms with E-state index in [0.717, 1.165) is 35.0 Å². The van der Waals surface area contributed by atoms with Gasteiger partial charge in [0.25, 0.3) is 0 Å². The van der Waals surface area contributed by atoms with Crippen LogP contribution in [0.5, 0.6) is 0 Å². The number of nitrogens with two attached hydrogens (primary N) is 1. The highest BCUT2D eigenvalue weighted by atomic mass is 79.9. The molecule has 1 saturated carbocycles. The van der Waals surface area contributed by atoms with Gasteiger partial charge in [-0.25, -0.2) is 0 Å². The third kappa shape index (κ3) is 4.81. The van der Waals surface area contributed by atoms with Crippen LogP contribution < -0.4 is 16.4 Å². The smallest absolute Gasteiger partial charge is 0.243 e. The van der Waals surface area contributed by atoms with Crippen LogP contribution in [0.4, 0.5) is 5.69 Å². The molecule has 2 atom stereocenters. The molecular formula is C16H22BrN3O2. The minimum Gasteiger partial charge on any atom is -0.347 e. The number of carbonyl (C=O) groups excluding carboxylic acids is 2. The average Bonchev–Trinajstić information content (AvgIpc) is 2.48. The van der Waals surface area contributed by atoms with Gasteiger partial charge in [-0.1, -0.05) is 28.4 Å². The molecule has 1 fully saturated rings. The Bertz CT molecular complexity index is 562. The molecule has 0 bridgehead atoms. The molecule has 0 aromatic heterocycles. The number of anilines is 1. The van der Waals surface area contributed by atoms with Crippen LogP contribution in [-0.4, -0.2) is 24.4 Å². The molecule has 1 aromatic rings. The second-order valence-electron chi connectivity index (χ2n) is 5.85. The van der Waals surface area contributed by atoms with Gasteiger partial charge >= 0.3 is 0 Å². The first-order valence-electron chi connectivity index (χ1n) is 7.55. The van der Waals surface area contributed by atoms with Gasteiger partial charge in [0, 0.05) is 22.1 Å². The van der Waals surface area contributed by atoms with Gasteiger partial charge in [-0.3, -0.25) is 9.59 Å². The number of carbonyl (C=O) groups is 2. The lowest BCUT2D eigenvalue weighted by Gasteiger charge is -2.25. The zero-order chi connectivity index (χ0) is 16.1. The van der Waals surface area contributed by atoms with E-state index in [9.17, 15) is 9.59 Å². The van der Waals surface area contributed by atoms with E-state index in [0.29, 0.717) is 6.42 Å². The van der Waals surface area contributed by atoms with Gasteiger partial charge in [0.15, 0.2) is 0 Å². The number of rotatable bonds is 4. The van der Waals surface area contributed by atoms with Crippen LogP contribution in [0.1, 0.15) is 31.2 Å². The number of aryl methyl sites for hydroxylation is 1. The lowest BCUT2D eigenvalue weighted by atomic mass is 9.85. The first-order valence-corrected chi connectivity index (χ1v) is 8.34. The van der Waals surface area contributed by atoms with Crippen molar-refractivity contribution in [2.45, 2.75) is 38.6 Å². The van der Waals surface area contributed by atoms with Crippen molar-refractivity contribution in [1.82, 2.24) is 5.32 Å². The zero-order valence-corrected chi connectivity index (χ0v) is 14.3. The third-order valence-electron chi connectivity index (χ3n) is 3.98. The van der Waals surface area contributed by atoms with Gasteiger partial charge < -0.3 is 16.4 Å². The van der Waals surface area contributed by atoms with Crippen LogP contribution in [0.15, 0.2) is 22.7 Å². The first-order chi connectivity index (χ1) is 10.5. The Labute approximate surface area is 139 Å². The fraction of sp³-hybridized carbons (Fsp3) is 0.500. The molecule has 0 spiro atoms. The molecule has 2 unspecified atom stereocenters. The number of nitrogens with one attached hydrogen (secondary N) is 2. The molecule has 0 radical (unpaired) electrons. The van der Waals surface area contributed by atoms with E-state index in [1.165, 1.54) is 0 Å². The quantitative estimate of drug-likeness (QED) is 0.763. The highest BCUT2D eigenvalue weighted by Crippen LogP contribution is 2.23. The molecule has 6 heteroatoms. The summed E-state index contributed by atoms with van der Waals surface area (Å²) in [5.41, 5.74) is 7.61. The number of amides is 2. The van der Waals surface area contributed by atoms with Crippen LogP contribution in [-0.2, 0) is 9.59 Å². The Balaban J connectivity index is 1.82. The van der Waals surface area contributed by atoms with E-state index in [1.807, 2.05) is 25.1 Å². The molecule has 120 valence electrons. The normalized spacial score (nSPS) is 21.2. The van der Waals surface area contributed by atoms with Crippen LogP contribution in [0.25, 0.3) is 0 Å². The minimum absolute atomic E-state index is 0.0173. The van der Waals surface area contributed by atoms with Crippen LogP contribution >= 0.6 is 15.9 Å². The Morgan fingerprint density at radius 3 is 2.86 bits per heavy atom. The molecule has 5 nitrogen and oxygen atoms in total. The van der Waals surface area contributed by atoms with Crippen molar-refractivity contribution in [2.24, 2.45) is 11.7 Å². The van der Waals surface area contributed by atoms with Crippen LogP contribution in [0.3, 0.4) is 0 Å². The summed E-state index contributed by atoms with van der Waals surface area (Å²) >= 11 is 3.37. The highest BCUT2D eigenvalue weighted by Gasteiger charge is 2.25. The number of hydrogen-bond donors (Lipinski definition) is 3. The summed E-state index contributed by atoms with van der Waals surface area (Å²) in [6, 6.07) is 5.78. The van der Waals surface area contributed by atoms with Gasteiger partial charge in [-0.05, 0) is 43.9 Å². The number of halogens is 1. The second-order valence-corrected chi connectivity index (χ2v) is 6.76. The first kappa shape index (κ1) is 17.0. The van der Waals surface area contributed by atoms with Crippen LogP contribution in [0.2, 0.25) is 0 Å². The van der Waals surface area contributed by atoms with Crippen molar-refractivity contribution in [3.63, 3.8) is 0 Å². The van der Waals surface area contributed by atoms with Crippen molar-refractivity contribution in [3.8, 4) is 0 Å². The molecule has 2 rings (SSSR count). The summed E-state index contributed by atoms with van der Waals surface area (Å²) in [6.45, 7) is 1.90. The summed E-state index contributed by atoms with van der Waals surface area (Å²) in [6.07, 6.45) is 3.51. The summed E-state index contributed by atoms with van der Waals surface area (Å²) in [7, 11) is 0. The third-order valence-corrected chi connectivity index (χ3v) is 4.48. The largest absolute Gasteiger partial charge is 0.347 e. The van der Waals surface area contributed by atoms with E-state index < -0.39 is 0 Å². The molecule has 1 aromatic carbocycles. The molecule has 2 amide bonds. The Morgan fingerprint density at radius 1 is 1.36 bits per heavy atom. The molecule has 1 aliphatic rings. The van der Waals surface area contributed by atoms with E-state index in [2.05, 4.69) is 26.6 Å². The van der Waals surface area contributed by atoms with Gasteiger partial charge in [0.05, 0.1) is 6.54 Å². The predicted molar refractivity (Wildman–Crippen MR) is 90.5 cm³/mol. The standard InChI is InChI=1S/C16H22BrN3O2/c1-10-5-6-12(17)8-14(10)20-15(21)9-19-16(22)11-3-2-4-13(18)7-11/h5-6,8,11,13H,2-4,7,9,18H2,1H3,(H,19,22)(H,20,21). The summed E-state index contributed by atoms with van der Waals surface area (Å²) in [5, 5.41) is 5.52. The lowest BCUT2D eigenvalue weighted by molar-refractivity contribution is -0.128. The van der Waals surface area contributed by atoms with E-state index in [-0.39, 0.29) is 30.3 Å². The Morgan fingerprint density at radius 2 is 2.14 bits per heavy atom. The van der Waals surface area contributed by atoms with Gasteiger partial charge in [-0.2, -0.15) is 0 Å². The fourth-order valence-electron chi connectivity index (χ4n) is 2.70. The second kappa shape index (κ2) is 7.74. The zero-order valence-electron chi connectivity index (χ0n) is 12.7. The van der Waals surface area contributed by atoms with Crippen molar-refractivity contribution < 1.29 is 9.59 Å². The van der Waals surface area contributed by atoms with Gasteiger partial charge in [-0.15, -0.1) is 0 Å². The molecule has 0 heterocycles. The molecule has 0 aliphatic heterocycles. The van der Waals surface area contributed by atoms with Crippen molar-refractivity contribution >= 4 is 33.4 Å². The van der Waals surface area contributed by atoms with Crippen molar-refractivity contribution in [3.05, 3.63) is 28.2 Å². The number of benzene rings is 1. The molecule has 0 saturated heterocycles.